The normalized spacial score (nSPS) is 23.7. The number of rotatable bonds is 2. The van der Waals surface area contributed by atoms with Gasteiger partial charge in [0.2, 0.25) is 0 Å². The Balaban J connectivity index is 2.30. The number of carbonyl (C=O) groups is 1. The van der Waals surface area contributed by atoms with E-state index in [1.165, 1.54) is 12.1 Å². The van der Waals surface area contributed by atoms with Crippen molar-refractivity contribution in [3.05, 3.63) is 35.1 Å². The Bertz CT molecular complexity index is 518. The van der Waals surface area contributed by atoms with Crippen LogP contribution in [0.5, 0.6) is 0 Å². The first-order valence-corrected chi connectivity index (χ1v) is 6.27. The molecule has 0 spiro atoms. The zero-order chi connectivity index (χ0) is 13.2. The van der Waals surface area contributed by atoms with E-state index in [-0.39, 0.29) is 11.6 Å². The summed E-state index contributed by atoms with van der Waals surface area (Å²) in [4.78, 5) is 12.0. The summed E-state index contributed by atoms with van der Waals surface area (Å²) in [6.07, 6.45) is 3.33. The van der Waals surface area contributed by atoms with Crippen LogP contribution in [-0.2, 0) is 11.2 Å². The van der Waals surface area contributed by atoms with E-state index < -0.39 is 5.41 Å². The van der Waals surface area contributed by atoms with Gasteiger partial charge in [0.05, 0.1) is 6.07 Å². The van der Waals surface area contributed by atoms with Gasteiger partial charge in [0.1, 0.15) is 11.2 Å². The zero-order valence-electron chi connectivity index (χ0n) is 10.5. The Labute approximate surface area is 106 Å². The molecule has 1 unspecified atom stereocenters. The highest BCUT2D eigenvalue weighted by Gasteiger charge is 2.40. The van der Waals surface area contributed by atoms with Crippen molar-refractivity contribution in [2.45, 2.75) is 39.0 Å². The average Bonchev–Trinajstić information content (AvgIpc) is 2.35. The molecule has 1 atom stereocenters. The molecular weight excluding hydrogens is 229 g/mol. The van der Waals surface area contributed by atoms with Crippen molar-refractivity contribution in [1.29, 1.82) is 5.26 Å². The molecule has 1 aromatic carbocycles. The van der Waals surface area contributed by atoms with E-state index in [1.54, 1.807) is 6.07 Å². The van der Waals surface area contributed by atoms with Crippen LogP contribution in [0.15, 0.2) is 18.2 Å². The van der Waals surface area contributed by atoms with E-state index in [2.05, 4.69) is 6.07 Å². The molecule has 2 nitrogen and oxygen atoms in total. The fourth-order valence-electron chi connectivity index (χ4n) is 2.62. The van der Waals surface area contributed by atoms with Crippen LogP contribution in [0.1, 0.15) is 36.8 Å². The van der Waals surface area contributed by atoms with Crippen molar-refractivity contribution in [2.75, 3.05) is 0 Å². The van der Waals surface area contributed by atoms with Gasteiger partial charge in [0.15, 0.2) is 5.78 Å². The maximum Gasteiger partial charge on any atom is 0.153 e. The molecule has 0 aromatic heterocycles. The van der Waals surface area contributed by atoms with E-state index in [1.807, 2.05) is 6.92 Å². The van der Waals surface area contributed by atoms with Crippen molar-refractivity contribution >= 4 is 5.78 Å². The molecule has 3 heteroatoms. The second kappa shape index (κ2) is 4.89. The topological polar surface area (TPSA) is 40.9 Å². The summed E-state index contributed by atoms with van der Waals surface area (Å²) < 4.78 is 13.0. The van der Waals surface area contributed by atoms with Gasteiger partial charge in [0, 0.05) is 6.42 Å². The number of Topliss-reactive ketones (excluding diaryl/α,β-unsaturated/α-hetero) is 1. The highest BCUT2D eigenvalue weighted by atomic mass is 19.1. The maximum absolute atomic E-state index is 13.0. The molecule has 0 amide bonds. The van der Waals surface area contributed by atoms with E-state index in [9.17, 15) is 14.4 Å². The summed E-state index contributed by atoms with van der Waals surface area (Å²) >= 11 is 0. The third kappa shape index (κ3) is 2.28. The van der Waals surface area contributed by atoms with Crippen LogP contribution in [0.3, 0.4) is 0 Å². The Morgan fingerprint density at radius 1 is 1.44 bits per heavy atom. The Morgan fingerprint density at radius 2 is 2.22 bits per heavy atom. The van der Waals surface area contributed by atoms with Crippen LogP contribution in [0.25, 0.3) is 0 Å². The van der Waals surface area contributed by atoms with E-state index in [0.717, 1.165) is 24.0 Å². The van der Waals surface area contributed by atoms with Gasteiger partial charge < -0.3 is 0 Å². The predicted molar refractivity (Wildman–Crippen MR) is 66.4 cm³/mol. The molecule has 0 radical (unpaired) electrons. The number of halogens is 1. The number of carbonyl (C=O) groups excluding carboxylic acids is 1. The van der Waals surface area contributed by atoms with Gasteiger partial charge in [-0.25, -0.2) is 4.39 Å². The summed E-state index contributed by atoms with van der Waals surface area (Å²) in [6.45, 7) is 1.82. The monoisotopic (exact) mass is 245 g/mol. The molecule has 1 aliphatic rings. The lowest BCUT2D eigenvalue weighted by atomic mass is 9.70. The number of ketones is 1. The molecule has 1 fully saturated rings. The first-order chi connectivity index (χ1) is 8.57. The standard InChI is InChI=1S/C15H16FNO/c1-11-8-13(16)6-5-12(11)9-15(10-17)7-3-2-4-14(15)18/h5-6,8H,2-4,7,9H2,1H3. The fraction of sp³-hybridized carbons (Fsp3) is 0.467. The van der Waals surface area contributed by atoms with E-state index in [0.29, 0.717) is 19.3 Å². The SMILES string of the molecule is Cc1cc(F)ccc1CC1(C#N)CCCCC1=O. The maximum atomic E-state index is 13.0. The first-order valence-electron chi connectivity index (χ1n) is 6.27. The Morgan fingerprint density at radius 3 is 2.83 bits per heavy atom. The van der Waals surface area contributed by atoms with Gasteiger partial charge in [0.25, 0.3) is 0 Å². The molecule has 0 heterocycles. The van der Waals surface area contributed by atoms with Gasteiger partial charge >= 0.3 is 0 Å². The van der Waals surface area contributed by atoms with Crippen LogP contribution in [0.2, 0.25) is 0 Å². The largest absolute Gasteiger partial charge is 0.298 e. The second-order valence-electron chi connectivity index (χ2n) is 5.07. The molecule has 1 saturated carbocycles. The first kappa shape index (κ1) is 12.8. The van der Waals surface area contributed by atoms with E-state index >= 15 is 0 Å². The number of hydrogen-bond acceptors (Lipinski definition) is 2. The minimum atomic E-state index is -0.888. The number of aryl methyl sites for hydroxylation is 1. The number of hydrogen-bond donors (Lipinski definition) is 0. The highest BCUT2D eigenvalue weighted by Crippen LogP contribution is 2.36. The minimum Gasteiger partial charge on any atom is -0.298 e. The predicted octanol–water partition coefficient (Wildman–Crippen LogP) is 3.33. The molecule has 94 valence electrons. The molecule has 0 N–H and O–H groups in total. The molecule has 0 aliphatic heterocycles. The quantitative estimate of drug-likeness (QED) is 0.801. The smallest absolute Gasteiger partial charge is 0.153 e. The molecule has 1 aromatic rings. The molecule has 18 heavy (non-hydrogen) atoms. The van der Waals surface area contributed by atoms with Crippen LogP contribution in [0.4, 0.5) is 4.39 Å². The summed E-state index contributed by atoms with van der Waals surface area (Å²) in [5.74, 6) is -0.239. The van der Waals surface area contributed by atoms with Crippen LogP contribution < -0.4 is 0 Å². The van der Waals surface area contributed by atoms with Gasteiger partial charge in [-0.1, -0.05) is 12.5 Å². The van der Waals surface area contributed by atoms with Gasteiger partial charge in [-0.2, -0.15) is 5.26 Å². The van der Waals surface area contributed by atoms with Crippen LogP contribution in [-0.4, -0.2) is 5.78 Å². The third-order valence-electron chi connectivity index (χ3n) is 3.80. The van der Waals surface area contributed by atoms with Crippen molar-refractivity contribution in [3.8, 4) is 6.07 Å². The minimum absolute atomic E-state index is 0.0416. The summed E-state index contributed by atoms with van der Waals surface area (Å²) in [7, 11) is 0. The zero-order valence-corrected chi connectivity index (χ0v) is 10.5. The number of nitriles is 1. The fourth-order valence-corrected chi connectivity index (χ4v) is 2.62. The lowest BCUT2D eigenvalue weighted by molar-refractivity contribution is -0.128. The molecule has 1 aliphatic carbocycles. The summed E-state index contributed by atoms with van der Waals surface area (Å²) in [5, 5.41) is 9.37. The van der Waals surface area contributed by atoms with Crippen molar-refractivity contribution in [1.82, 2.24) is 0 Å². The second-order valence-corrected chi connectivity index (χ2v) is 5.07. The van der Waals surface area contributed by atoms with Gasteiger partial charge in [-0.05, 0) is 49.4 Å². The van der Waals surface area contributed by atoms with Crippen molar-refractivity contribution < 1.29 is 9.18 Å². The summed E-state index contributed by atoms with van der Waals surface area (Å²) in [5.41, 5.74) is 0.817. The van der Waals surface area contributed by atoms with E-state index in [4.69, 9.17) is 0 Å². The Hall–Kier alpha value is -1.69. The van der Waals surface area contributed by atoms with Gasteiger partial charge in [-0.15, -0.1) is 0 Å². The Kier molecular flexibility index (Phi) is 3.47. The lowest BCUT2D eigenvalue weighted by Gasteiger charge is -2.29. The van der Waals surface area contributed by atoms with Crippen LogP contribution in [0, 0.1) is 29.5 Å². The van der Waals surface area contributed by atoms with Gasteiger partial charge in [-0.3, -0.25) is 4.79 Å². The average molecular weight is 245 g/mol. The highest BCUT2D eigenvalue weighted by molar-refractivity contribution is 5.88. The van der Waals surface area contributed by atoms with Crippen LogP contribution >= 0.6 is 0 Å². The number of nitrogens with zero attached hydrogens (tertiary/aromatic N) is 1. The number of benzene rings is 1. The molecule has 0 saturated heterocycles. The lowest BCUT2D eigenvalue weighted by Crippen LogP contribution is -2.35. The van der Waals surface area contributed by atoms with Crippen molar-refractivity contribution in [3.63, 3.8) is 0 Å². The molecular formula is C15H16FNO. The molecule has 2 rings (SSSR count). The van der Waals surface area contributed by atoms with Crippen molar-refractivity contribution in [2.24, 2.45) is 5.41 Å². The molecule has 0 bridgehead atoms. The third-order valence-corrected chi connectivity index (χ3v) is 3.80. The summed E-state index contributed by atoms with van der Waals surface area (Å²) in [6, 6.07) is 6.74.